The number of rotatable bonds is 10. The Morgan fingerprint density at radius 3 is 2.70 bits per heavy atom. The van der Waals surface area contributed by atoms with Crippen molar-refractivity contribution in [3.05, 3.63) is 32.1 Å². The number of carbonyl (C=O) groups excluding carboxylic acids is 2. The van der Waals surface area contributed by atoms with Gasteiger partial charge in [0.05, 0.1) is 37.0 Å². The number of thioether (sulfide) groups is 1. The van der Waals surface area contributed by atoms with Crippen molar-refractivity contribution in [2.75, 3.05) is 6.61 Å². The standard InChI is InChI=1S/C25H32N2O8S2/c1-14(29)18-20-25(2,9-10-34-24(33)35-16-6-4-3-5-7-16)21(19(23(31)32)27(20)22(18)30)36-11-8-17-26-15(12-28)13-37-17/h8,11,13-14,16,18,20,28-29H,3-7,9-10,12H2,1-2H3,(H,31,32)/b11-8-/t14-,18-,20+,25?/m1/s1. The number of aliphatic hydroxyl groups excluding tert-OH is 2. The summed E-state index contributed by atoms with van der Waals surface area (Å²) in [6.07, 6.45) is 4.89. The number of carbonyl (C=O) groups is 3. The van der Waals surface area contributed by atoms with Crippen molar-refractivity contribution in [2.45, 2.75) is 77.2 Å². The first-order valence-electron chi connectivity index (χ1n) is 12.4. The van der Waals surface area contributed by atoms with E-state index in [-0.39, 0.29) is 31.4 Å². The van der Waals surface area contributed by atoms with Crippen LogP contribution in [0.2, 0.25) is 0 Å². The minimum Gasteiger partial charge on any atom is -0.477 e. The predicted molar refractivity (Wildman–Crippen MR) is 137 cm³/mol. The van der Waals surface area contributed by atoms with Gasteiger partial charge in [0.2, 0.25) is 5.91 Å². The zero-order valence-electron chi connectivity index (χ0n) is 20.8. The van der Waals surface area contributed by atoms with Gasteiger partial charge in [-0.25, -0.2) is 14.6 Å². The van der Waals surface area contributed by atoms with Crippen LogP contribution in [0.25, 0.3) is 6.08 Å². The SMILES string of the molecule is C[C@@H](O)[C@H]1C(=O)N2C(C(=O)O)=C(S/C=C\c3nc(CO)cs3)C(C)(CCOC(=O)OC3CCCCC3)[C@H]12. The quantitative estimate of drug-likeness (QED) is 0.290. The second-order valence-electron chi connectivity index (χ2n) is 9.80. The lowest BCUT2D eigenvalue weighted by Gasteiger charge is -2.50. The van der Waals surface area contributed by atoms with Crippen LogP contribution in [0, 0.1) is 11.3 Å². The Morgan fingerprint density at radius 2 is 2.08 bits per heavy atom. The number of β-lactam (4-membered cyclic amide) rings is 1. The molecule has 202 valence electrons. The van der Waals surface area contributed by atoms with Gasteiger partial charge in [0.15, 0.2) is 0 Å². The molecule has 0 spiro atoms. The van der Waals surface area contributed by atoms with Crippen LogP contribution in [0.3, 0.4) is 0 Å². The smallest absolute Gasteiger partial charge is 0.477 e. The number of carboxylic acid groups (broad SMARTS) is 1. The lowest BCUT2D eigenvalue weighted by atomic mass is 9.68. The number of hydrogen-bond acceptors (Lipinski definition) is 10. The monoisotopic (exact) mass is 552 g/mol. The number of amides is 1. The first kappa shape index (κ1) is 27.6. The number of hydrogen-bond donors (Lipinski definition) is 3. The van der Waals surface area contributed by atoms with Crippen molar-refractivity contribution < 1.29 is 39.2 Å². The van der Waals surface area contributed by atoms with Crippen LogP contribution < -0.4 is 0 Å². The molecule has 1 saturated carbocycles. The summed E-state index contributed by atoms with van der Waals surface area (Å²) in [6, 6.07) is -0.583. The molecule has 2 aliphatic heterocycles. The molecule has 1 unspecified atom stereocenters. The summed E-state index contributed by atoms with van der Waals surface area (Å²) < 4.78 is 10.8. The highest BCUT2D eigenvalue weighted by molar-refractivity contribution is 8.06. The van der Waals surface area contributed by atoms with Crippen LogP contribution in [0.5, 0.6) is 0 Å². The van der Waals surface area contributed by atoms with Crippen LogP contribution in [-0.2, 0) is 25.7 Å². The van der Waals surface area contributed by atoms with Gasteiger partial charge in [-0.15, -0.1) is 11.3 Å². The molecule has 10 nitrogen and oxygen atoms in total. The Labute approximate surface area is 223 Å². The summed E-state index contributed by atoms with van der Waals surface area (Å²) in [5, 5.41) is 33.6. The zero-order valence-corrected chi connectivity index (χ0v) is 22.4. The maximum atomic E-state index is 12.9. The second kappa shape index (κ2) is 11.5. The topological polar surface area (TPSA) is 146 Å². The fraction of sp³-hybridized carbons (Fsp3) is 0.600. The third-order valence-electron chi connectivity index (χ3n) is 7.28. The fourth-order valence-corrected chi connectivity index (χ4v) is 7.32. The van der Waals surface area contributed by atoms with E-state index in [0.29, 0.717) is 15.6 Å². The second-order valence-corrected chi connectivity index (χ2v) is 11.6. The first-order valence-corrected chi connectivity index (χ1v) is 14.1. The zero-order chi connectivity index (χ0) is 26.7. The average molecular weight is 553 g/mol. The molecule has 1 aromatic heterocycles. The van der Waals surface area contributed by atoms with Gasteiger partial charge >= 0.3 is 12.1 Å². The molecule has 2 fully saturated rings. The number of fused-ring (bicyclic) bond motifs is 1. The van der Waals surface area contributed by atoms with E-state index < -0.39 is 41.5 Å². The van der Waals surface area contributed by atoms with Crippen LogP contribution in [0.15, 0.2) is 21.4 Å². The molecule has 3 aliphatic rings. The summed E-state index contributed by atoms with van der Waals surface area (Å²) >= 11 is 2.51. The molecule has 1 saturated heterocycles. The van der Waals surface area contributed by atoms with E-state index in [1.165, 1.54) is 23.2 Å². The minimum atomic E-state index is -1.24. The van der Waals surface area contributed by atoms with Gasteiger partial charge in [-0.3, -0.25) is 4.79 Å². The largest absolute Gasteiger partial charge is 0.508 e. The summed E-state index contributed by atoms with van der Waals surface area (Å²) in [5.41, 5.74) is -0.468. The van der Waals surface area contributed by atoms with Gasteiger partial charge in [0.1, 0.15) is 16.8 Å². The van der Waals surface area contributed by atoms with E-state index in [2.05, 4.69) is 4.98 Å². The molecular weight excluding hydrogens is 520 g/mol. The predicted octanol–water partition coefficient (Wildman–Crippen LogP) is 3.74. The number of ether oxygens (including phenoxy) is 2. The number of thiazole rings is 1. The van der Waals surface area contributed by atoms with Crippen LogP contribution >= 0.6 is 23.1 Å². The Hall–Kier alpha value is -2.41. The lowest BCUT2D eigenvalue weighted by Crippen LogP contribution is -2.66. The molecule has 37 heavy (non-hydrogen) atoms. The molecule has 3 N–H and O–H groups in total. The van der Waals surface area contributed by atoms with Gasteiger partial charge in [-0.05, 0) is 50.5 Å². The highest BCUT2D eigenvalue weighted by Gasteiger charge is 2.65. The Morgan fingerprint density at radius 1 is 1.35 bits per heavy atom. The molecule has 3 heterocycles. The molecule has 1 aliphatic carbocycles. The van der Waals surface area contributed by atoms with Crippen molar-refractivity contribution in [3.63, 3.8) is 0 Å². The maximum absolute atomic E-state index is 12.9. The van der Waals surface area contributed by atoms with Crippen molar-refractivity contribution >= 4 is 47.2 Å². The van der Waals surface area contributed by atoms with E-state index in [1.54, 1.807) is 16.9 Å². The van der Waals surface area contributed by atoms with E-state index in [1.807, 2.05) is 6.92 Å². The van der Waals surface area contributed by atoms with Crippen LogP contribution in [-0.4, -0.2) is 68.1 Å². The molecule has 12 heteroatoms. The van der Waals surface area contributed by atoms with Crippen molar-refractivity contribution in [3.8, 4) is 0 Å². The van der Waals surface area contributed by atoms with Crippen LogP contribution in [0.1, 0.15) is 63.1 Å². The van der Waals surface area contributed by atoms with Gasteiger partial charge < -0.3 is 29.7 Å². The highest BCUT2D eigenvalue weighted by atomic mass is 32.2. The summed E-state index contributed by atoms with van der Waals surface area (Å²) in [7, 11) is 0. The van der Waals surface area contributed by atoms with Gasteiger partial charge in [0, 0.05) is 15.7 Å². The van der Waals surface area contributed by atoms with Gasteiger partial charge in [-0.2, -0.15) is 0 Å². The number of aromatic nitrogens is 1. The number of aliphatic hydroxyl groups is 2. The van der Waals surface area contributed by atoms with Crippen LogP contribution in [0.4, 0.5) is 4.79 Å². The fourth-order valence-electron chi connectivity index (χ4n) is 5.41. The lowest BCUT2D eigenvalue weighted by molar-refractivity contribution is -0.167. The normalized spacial score (nSPS) is 26.8. The Kier molecular flexibility index (Phi) is 8.62. The van der Waals surface area contributed by atoms with E-state index in [0.717, 1.165) is 43.9 Å². The minimum absolute atomic E-state index is 0.0277. The third kappa shape index (κ3) is 5.57. The summed E-state index contributed by atoms with van der Waals surface area (Å²) in [6.45, 7) is 3.15. The van der Waals surface area contributed by atoms with Gasteiger partial charge in [-0.1, -0.05) is 25.1 Å². The molecular formula is C25H32N2O8S2. The number of nitrogens with zero attached hydrogens (tertiary/aromatic N) is 2. The molecule has 0 bridgehead atoms. The molecule has 1 amide bonds. The summed E-state index contributed by atoms with van der Waals surface area (Å²) in [4.78, 5) is 43.4. The molecule has 4 atom stereocenters. The number of aliphatic carboxylic acids is 1. The van der Waals surface area contributed by atoms with E-state index >= 15 is 0 Å². The molecule has 0 radical (unpaired) electrons. The van der Waals surface area contributed by atoms with Crippen molar-refractivity contribution in [1.29, 1.82) is 0 Å². The van der Waals surface area contributed by atoms with Crippen molar-refractivity contribution in [1.82, 2.24) is 9.88 Å². The Bertz CT molecular complexity index is 1090. The summed E-state index contributed by atoms with van der Waals surface area (Å²) in [5.74, 6) is -2.44. The Balaban J connectivity index is 1.53. The molecule has 1 aromatic rings. The van der Waals surface area contributed by atoms with Crippen molar-refractivity contribution in [2.24, 2.45) is 11.3 Å². The maximum Gasteiger partial charge on any atom is 0.508 e. The number of carboxylic acids is 1. The highest BCUT2D eigenvalue weighted by Crippen LogP contribution is 2.59. The van der Waals surface area contributed by atoms with E-state index in [9.17, 15) is 29.7 Å². The molecule has 4 rings (SSSR count). The van der Waals surface area contributed by atoms with Gasteiger partial charge in [0.25, 0.3) is 0 Å². The average Bonchev–Trinajstić information content (AvgIpc) is 3.39. The van der Waals surface area contributed by atoms with E-state index in [4.69, 9.17) is 9.47 Å². The third-order valence-corrected chi connectivity index (χ3v) is 9.30. The first-order chi connectivity index (χ1) is 17.7. The molecule has 0 aromatic carbocycles.